The number of fused-ring (bicyclic) bond motifs is 1. The smallest absolute Gasteiger partial charge is 0.326 e. The Morgan fingerprint density at radius 3 is 2.83 bits per heavy atom. The van der Waals surface area contributed by atoms with E-state index in [1.54, 1.807) is 48.5 Å². The fourth-order valence-corrected chi connectivity index (χ4v) is 3.13. The van der Waals surface area contributed by atoms with Gasteiger partial charge < -0.3 is 9.26 Å². The highest BCUT2D eigenvalue weighted by molar-refractivity contribution is 6.30. The summed E-state index contributed by atoms with van der Waals surface area (Å²) in [5.41, 5.74) is 1.71. The molecule has 0 N–H and O–H groups in total. The number of rotatable bonds is 5. The van der Waals surface area contributed by atoms with Gasteiger partial charge in [-0.05, 0) is 23.8 Å². The molecule has 0 saturated heterocycles. The van der Waals surface area contributed by atoms with Crippen LogP contribution >= 0.6 is 11.6 Å². The van der Waals surface area contributed by atoms with E-state index in [1.165, 1.54) is 0 Å². The summed E-state index contributed by atoms with van der Waals surface area (Å²) in [5.74, 6) is -1.35. The predicted molar refractivity (Wildman–Crippen MR) is 101 cm³/mol. The van der Waals surface area contributed by atoms with Crippen LogP contribution in [0.15, 0.2) is 53.1 Å². The second-order valence-corrected chi connectivity index (χ2v) is 6.74. The third-order valence-corrected chi connectivity index (χ3v) is 4.57. The van der Waals surface area contributed by atoms with E-state index < -0.39 is 24.3 Å². The Bertz CT molecular complexity index is 1110. The van der Waals surface area contributed by atoms with E-state index in [2.05, 4.69) is 10.1 Å². The molecule has 0 fully saturated rings. The van der Waals surface area contributed by atoms with Crippen molar-refractivity contribution >= 4 is 29.4 Å². The SMILES string of the molecule is O=C(CN1C(=O)Cc2ccccc2C1=O)OCc1nc(-c2cccc(Cl)c2)no1. The second-order valence-electron chi connectivity index (χ2n) is 6.30. The molecule has 2 amide bonds. The van der Waals surface area contributed by atoms with E-state index in [0.717, 1.165) is 4.90 Å². The van der Waals surface area contributed by atoms with Crippen LogP contribution in [-0.2, 0) is 27.4 Å². The molecule has 1 aliphatic rings. The fraction of sp³-hybridized carbons (Fsp3) is 0.150. The predicted octanol–water partition coefficient (Wildman–Crippen LogP) is 2.66. The fourth-order valence-electron chi connectivity index (χ4n) is 2.94. The molecule has 1 aliphatic heterocycles. The zero-order valence-corrected chi connectivity index (χ0v) is 15.8. The second kappa shape index (κ2) is 7.84. The molecule has 1 aromatic heterocycles. The third kappa shape index (κ3) is 4.02. The first-order valence-corrected chi connectivity index (χ1v) is 9.06. The van der Waals surface area contributed by atoms with Crippen LogP contribution in [0.5, 0.6) is 0 Å². The quantitative estimate of drug-likeness (QED) is 0.469. The van der Waals surface area contributed by atoms with Crippen LogP contribution in [0.2, 0.25) is 5.02 Å². The van der Waals surface area contributed by atoms with Crippen LogP contribution in [0.3, 0.4) is 0 Å². The van der Waals surface area contributed by atoms with Crippen molar-refractivity contribution in [1.82, 2.24) is 15.0 Å². The molecule has 2 heterocycles. The van der Waals surface area contributed by atoms with Crippen molar-refractivity contribution in [3.8, 4) is 11.4 Å². The first-order valence-electron chi connectivity index (χ1n) is 8.68. The Hall–Kier alpha value is -3.52. The minimum absolute atomic E-state index is 0.0574. The monoisotopic (exact) mass is 411 g/mol. The summed E-state index contributed by atoms with van der Waals surface area (Å²) in [6.45, 7) is -0.763. The molecule has 0 atom stereocenters. The van der Waals surface area contributed by atoms with Crippen LogP contribution in [0.1, 0.15) is 21.8 Å². The molecule has 0 unspecified atom stereocenters. The number of aromatic nitrogens is 2. The normalized spacial score (nSPS) is 13.3. The van der Waals surface area contributed by atoms with Gasteiger partial charge in [0.15, 0.2) is 6.61 Å². The van der Waals surface area contributed by atoms with Gasteiger partial charge in [0.1, 0.15) is 6.54 Å². The maximum Gasteiger partial charge on any atom is 0.326 e. The third-order valence-electron chi connectivity index (χ3n) is 4.33. The number of nitrogens with zero attached hydrogens (tertiary/aromatic N) is 3. The Kier molecular flexibility index (Phi) is 5.09. The topological polar surface area (TPSA) is 103 Å². The van der Waals surface area contributed by atoms with Crippen molar-refractivity contribution in [1.29, 1.82) is 0 Å². The summed E-state index contributed by atoms with van der Waals surface area (Å²) >= 11 is 5.94. The van der Waals surface area contributed by atoms with Crippen molar-refractivity contribution < 1.29 is 23.6 Å². The summed E-state index contributed by atoms with van der Waals surface area (Å²) in [6.07, 6.45) is 0.0574. The summed E-state index contributed by atoms with van der Waals surface area (Å²) in [7, 11) is 0. The molecule has 0 bridgehead atoms. The van der Waals surface area contributed by atoms with Gasteiger partial charge in [-0.25, -0.2) is 0 Å². The standard InChI is InChI=1S/C20H14ClN3O5/c21-14-6-3-5-13(8-14)19-22-16(29-23-19)11-28-18(26)10-24-17(25)9-12-4-1-2-7-15(12)20(24)27/h1-8H,9-11H2. The molecule has 3 aromatic rings. The van der Waals surface area contributed by atoms with E-state index in [9.17, 15) is 14.4 Å². The molecule has 146 valence electrons. The maximum atomic E-state index is 12.5. The van der Waals surface area contributed by atoms with Crippen molar-refractivity contribution in [3.63, 3.8) is 0 Å². The number of carbonyl (C=O) groups is 3. The van der Waals surface area contributed by atoms with Gasteiger partial charge in [-0.3, -0.25) is 19.3 Å². The number of imide groups is 1. The number of halogens is 1. The Morgan fingerprint density at radius 1 is 1.17 bits per heavy atom. The van der Waals surface area contributed by atoms with Crippen LogP contribution < -0.4 is 0 Å². The molecule has 0 aliphatic carbocycles. The summed E-state index contributed by atoms with van der Waals surface area (Å²) < 4.78 is 10.1. The van der Waals surface area contributed by atoms with Gasteiger partial charge in [0, 0.05) is 16.1 Å². The minimum atomic E-state index is -0.756. The molecular weight excluding hydrogens is 398 g/mol. The lowest BCUT2D eigenvalue weighted by Crippen LogP contribution is -2.45. The van der Waals surface area contributed by atoms with Crippen molar-refractivity contribution in [3.05, 3.63) is 70.6 Å². The molecule has 8 nitrogen and oxygen atoms in total. The van der Waals surface area contributed by atoms with Crippen LogP contribution in [-0.4, -0.2) is 39.4 Å². The van der Waals surface area contributed by atoms with Crippen LogP contribution in [0.25, 0.3) is 11.4 Å². The number of ether oxygens (including phenoxy) is 1. The van der Waals surface area contributed by atoms with E-state index in [4.69, 9.17) is 20.9 Å². The molecular formula is C20H14ClN3O5. The molecule has 9 heteroatoms. The highest BCUT2D eigenvalue weighted by Gasteiger charge is 2.32. The first-order chi connectivity index (χ1) is 14.0. The van der Waals surface area contributed by atoms with Crippen LogP contribution in [0, 0.1) is 0 Å². The van der Waals surface area contributed by atoms with Gasteiger partial charge in [0.2, 0.25) is 11.7 Å². The number of benzene rings is 2. The highest BCUT2D eigenvalue weighted by atomic mass is 35.5. The van der Waals surface area contributed by atoms with E-state index in [0.29, 0.717) is 27.5 Å². The molecule has 0 saturated carbocycles. The van der Waals surface area contributed by atoms with Crippen molar-refractivity contribution in [2.24, 2.45) is 0 Å². The lowest BCUT2D eigenvalue weighted by Gasteiger charge is -2.25. The lowest BCUT2D eigenvalue weighted by atomic mass is 9.98. The molecule has 0 spiro atoms. The zero-order chi connectivity index (χ0) is 20.4. The van der Waals surface area contributed by atoms with Crippen molar-refractivity contribution in [2.75, 3.05) is 6.54 Å². The van der Waals surface area contributed by atoms with Gasteiger partial charge in [-0.1, -0.05) is 47.1 Å². The maximum absolute atomic E-state index is 12.5. The summed E-state index contributed by atoms with van der Waals surface area (Å²) in [4.78, 5) is 41.8. The summed E-state index contributed by atoms with van der Waals surface area (Å²) in [6, 6.07) is 13.7. The number of amides is 2. The Labute approximate surface area is 170 Å². The molecule has 4 rings (SSSR count). The Morgan fingerprint density at radius 2 is 2.00 bits per heavy atom. The van der Waals surface area contributed by atoms with E-state index in [1.807, 2.05) is 0 Å². The van der Waals surface area contributed by atoms with Gasteiger partial charge in [0.05, 0.1) is 6.42 Å². The number of carbonyl (C=O) groups excluding carboxylic acids is 3. The molecule has 29 heavy (non-hydrogen) atoms. The summed E-state index contributed by atoms with van der Waals surface area (Å²) in [5, 5.41) is 4.34. The molecule has 0 radical (unpaired) electrons. The van der Waals surface area contributed by atoms with E-state index in [-0.39, 0.29) is 18.9 Å². The van der Waals surface area contributed by atoms with Gasteiger partial charge in [-0.15, -0.1) is 0 Å². The largest absolute Gasteiger partial charge is 0.454 e. The van der Waals surface area contributed by atoms with E-state index >= 15 is 0 Å². The average Bonchev–Trinajstić information content (AvgIpc) is 3.19. The van der Waals surface area contributed by atoms with Gasteiger partial charge in [-0.2, -0.15) is 4.98 Å². The Balaban J connectivity index is 1.37. The molecule has 2 aromatic carbocycles. The highest BCUT2D eigenvalue weighted by Crippen LogP contribution is 2.21. The van der Waals surface area contributed by atoms with Gasteiger partial charge >= 0.3 is 5.97 Å². The van der Waals surface area contributed by atoms with Crippen LogP contribution in [0.4, 0.5) is 0 Å². The van der Waals surface area contributed by atoms with Gasteiger partial charge in [0.25, 0.3) is 11.8 Å². The first kappa shape index (κ1) is 18.8. The lowest BCUT2D eigenvalue weighted by molar-refractivity contribution is -0.149. The average molecular weight is 412 g/mol. The number of hydrogen-bond donors (Lipinski definition) is 0. The number of esters is 1. The minimum Gasteiger partial charge on any atom is -0.454 e. The number of hydrogen-bond acceptors (Lipinski definition) is 7. The van der Waals surface area contributed by atoms with Crippen molar-refractivity contribution in [2.45, 2.75) is 13.0 Å². The zero-order valence-electron chi connectivity index (χ0n) is 15.0.